The van der Waals surface area contributed by atoms with Crippen LogP contribution in [0.4, 0.5) is 0 Å². The zero-order chi connectivity index (χ0) is 18.5. The molecule has 0 spiro atoms. The molecule has 1 N–H and O–H groups in total. The summed E-state index contributed by atoms with van der Waals surface area (Å²) in [6.07, 6.45) is 1.32. The van der Waals surface area contributed by atoms with Crippen LogP contribution in [0.3, 0.4) is 0 Å². The van der Waals surface area contributed by atoms with Crippen LogP contribution in [0, 0.1) is 0 Å². The fourth-order valence-electron chi connectivity index (χ4n) is 3.11. The maximum absolute atomic E-state index is 12.2. The van der Waals surface area contributed by atoms with Crippen LogP contribution in [0.25, 0.3) is 0 Å². The number of amides is 1. The minimum absolute atomic E-state index is 0.0339. The Morgan fingerprint density at radius 2 is 1.68 bits per heavy atom. The average molecular weight is 347 g/mol. The smallest absolute Gasteiger partial charge is 0.220 e. The Balaban J connectivity index is 1.76. The molecule has 0 unspecified atom stereocenters. The van der Waals surface area contributed by atoms with Gasteiger partial charge in [0.2, 0.25) is 5.91 Å². The highest BCUT2D eigenvalue weighted by molar-refractivity contribution is 5.76. The van der Waals surface area contributed by atoms with Crippen molar-refractivity contribution in [2.45, 2.75) is 58.4 Å². The lowest BCUT2D eigenvalue weighted by molar-refractivity contribution is -0.121. The van der Waals surface area contributed by atoms with Crippen LogP contribution < -0.4 is 5.32 Å². The summed E-state index contributed by atoms with van der Waals surface area (Å²) in [5.41, 5.74) is 2.68. The number of rotatable bonds is 6. The topological polar surface area (TPSA) is 41.6 Å². The van der Waals surface area contributed by atoms with Gasteiger partial charge in [0, 0.05) is 31.6 Å². The molecule has 0 radical (unpaired) electrons. The molecule has 0 saturated carbocycles. The zero-order valence-corrected chi connectivity index (χ0v) is 16.5. The molecule has 1 saturated heterocycles. The summed E-state index contributed by atoms with van der Waals surface area (Å²) >= 11 is 0. The van der Waals surface area contributed by atoms with Gasteiger partial charge in [-0.05, 0) is 36.8 Å². The van der Waals surface area contributed by atoms with Crippen LogP contribution in [0.15, 0.2) is 24.3 Å². The molecule has 4 heteroatoms. The van der Waals surface area contributed by atoms with Crippen LogP contribution in [-0.4, -0.2) is 49.2 Å². The molecule has 1 aromatic carbocycles. The highest BCUT2D eigenvalue weighted by Gasteiger charge is 2.28. The number of nitrogens with one attached hydrogen (secondary N) is 1. The van der Waals surface area contributed by atoms with Crippen LogP contribution in [0.2, 0.25) is 0 Å². The Bertz CT molecular complexity index is 552. The molecule has 2 rings (SSSR count). The normalized spacial score (nSPS) is 16.7. The molecule has 25 heavy (non-hydrogen) atoms. The van der Waals surface area contributed by atoms with Crippen molar-refractivity contribution >= 4 is 5.91 Å². The molecule has 1 fully saturated rings. The third kappa shape index (κ3) is 6.12. The van der Waals surface area contributed by atoms with E-state index in [2.05, 4.69) is 69.1 Å². The van der Waals surface area contributed by atoms with Gasteiger partial charge < -0.3 is 10.1 Å². The summed E-state index contributed by atoms with van der Waals surface area (Å²) in [4.78, 5) is 14.6. The van der Waals surface area contributed by atoms with Crippen molar-refractivity contribution in [2.75, 3.05) is 32.8 Å². The van der Waals surface area contributed by atoms with Gasteiger partial charge in [-0.1, -0.05) is 45.0 Å². The Labute approximate surface area is 152 Å². The summed E-state index contributed by atoms with van der Waals surface area (Å²) in [7, 11) is 0. The first-order valence-corrected chi connectivity index (χ1v) is 9.37. The van der Waals surface area contributed by atoms with E-state index in [1.807, 2.05) is 0 Å². The number of aryl methyl sites for hydroxylation is 1. The van der Waals surface area contributed by atoms with E-state index in [4.69, 9.17) is 4.74 Å². The van der Waals surface area contributed by atoms with Gasteiger partial charge >= 0.3 is 0 Å². The molecule has 4 nitrogen and oxygen atoms in total. The minimum atomic E-state index is -0.0339. The van der Waals surface area contributed by atoms with E-state index < -0.39 is 0 Å². The summed E-state index contributed by atoms with van der Waals surface area (Å²) in [5, 5.41) is 3.10. The van der Waals surface area contributed by atoms with Crippen molar-refractivity contribution in [1.82, 2.24) is 10.2 Å². The number of carbonyl (C=O) groups excluding carboxylic acids is 1. The van der Waals surface area contributed by atoms with E-state index in [-0.39, 0.29) is 16.9 Å². The van der Waals surface area contributed by atoms with E-state index in [0.29, 0.717) is 13.0 Å². The summed E-state index contributed by atoms with van der Waals surface area (Å²) in [6.45, 7) is 15.1. The molecular formula is C21H34N2O2. The van der Waals surface area contributed by atoms with Crippen molar-refractivity contribution in [3.05, 3.63) is 35.4 Å². The second-order valence-electron chi connectivity index (χ2n) is 8.64. The molecule has 1 aliphatic rings. The number of morpholine rings is 1. The van der Waals surface area contributed by atoms with Crippen LogP contribution in [0.5, 0.6) is 0 Å². The van der Waals surface area contributed by atoms with E-state index in [9.17, 15) is 4.79 Å². The average Bonchev–Trinajstić information content (AvgIpc) is 2.58. The van der Waals surface area contributed by atoms with Gasteiger partial charge in [-0.2, -0.15) is 0 Å². The summed E-state index contributed by atoms with van der Waals surface area (Å²) < 4.78 is 5.41. The number of nitrogens with zero attached hydrogens (tertiary/aromatic N) is 1. The van der Waals surface area contributed by atoms with Crippen molar-refractivity contribution in [1.29, 1.82) is 0 Å². The lowest BCUT2D eigenvalue weighted by Crippen LogP contribution is -2.55. The van der Waals surface area contributed by atoms with Gasteiger partial charge in [0.25, 0.3) is 0 Å². The number of hydrogen-bond donors (Lipinski definition) is 1. The Kier molecular flexibility index (Phi) is 6.64. The van der Waals surface area contributed by atoms with Gasteiger partial charge in [0.05, 0.1) is 13.2 Å². The van der Waals surface area contributed by atoms with Gasteiger partial charge in [0.15, 0.2) is 0 Å². The monoisotopic (exact) mass is 346 g/mol. The van der Waals surface area contributed by atoms with Crippen LogP contribution in [0.1, 0.15) is 52.2 Å². The van der Waals surface area contributed by atoms with E-state index in [0.717, 1.165) is 32.7 Å². The van der Waals surface area contributed by atoms with E-state index in [1.54, 1.807) is 0 Å². The highest BCUT2D eigenvalue weighted by atomic mass is 16.5. The predicted molar refractivity (Wildman–Crippen MR) is 103 cm³/mol. The highest BCUT2D eigenvalue weighted by Crippen LogP contribution is 2.22. The second kappa shape index (κ2) is 8.33. The Morgan fingerprint density at radius 3 is 2.24 bits per heavy atom. The third-order valence-electron chi connectivity index (χ3n) is 5.05. The molecular weight excluding hydrogens is 312 g/mol. The number of ether oxygens (including phenoxy) is 1. The van der Waals surface area contributed by atoms with Gasteiger partial charge in [-0.15, -0.1) is 0 Å². The first kappa shape index (κ1) is 19.9. The predicted octanol–water partition coefficient (Wildman–Crippen LogP) is 3.14. The lowest BCUT2D eigenvalue weighted by atomic mass is 9.86. The lowest BCUT2D eigenvalue weighted by Gasteiger charge is -2.40. The number of hydrogen-bond acceptors (Lipinski definition) is 3. The molecule has 1 aliphatic heterocycles. The van der Waals surface area contributed by atoms with Crippen molar-refractivity contribution in [3.8, 4) is 0 Å². The fraction of sp³-hybridized carbons (Fsp3) is 0.667. The van der Waals surface area contributed by atoms with Crippen LogP contribution in [-0.2, 0) is 21.4 Å². The number of benzene rings is 1. The standard InChI is InChI=1S/C21H34N2O2/c1-20(2,3)18-9-6-17(7-10-18)8-11-19(24)22-16-21(4,5)23-12-14-25-15-13-23/h6-7,9-10H,8,11-16H2,1-5H3,(H,22,24). The number of carbonyl (C=O) groups is 1. The molecule has 0 bridgehead atoms. The molecule has 1 aromatic rings. The van der Waals surface area contributed by atoms with Gasteiger partial charge in [-0.25, -0.2) is 0 Å². The maximum Gasteiger partial charge on any atom is 0.220 e. The molecule has 0 aromatic heterocycles. The molecule has 1 amide bonds. The molecule has 1 heterocycles. The van der Waals surface area contributed by atoms with Gasteiger partial charge in [-0.3, -0.25) is 9.69 Å². The first-order valence-electron chi connectivity index (χ1n) is 9.37. The zero-order valence-electron chi connectivity index (χ0n) is 16.5. The van der Waals surface area contributed by atoms with E-state index in [1.165, 1.54) is 11.1 Å². The second-order valence-corrected chi connectivity index (χ2v) is 8.64. The largest absolute Gasteiger partial charge is 0.379 e. The molecule has 140 valence electrons. The van der Waals surface area contributed by atoms with Gasteiger partial charge in [0.1, 0.15) is 0 Å². The maximum atomic E-state index is 12.2. The quantitative estimate of drug-likeness (QED) is 0.860. The van der Waals surface area contributed by atoms with Crippen molar-refractivity contribution in [2.24, 2.45) is 0 Å². The van der Waals surface area contributed by atoms with E-state index >= 15 is 0 Å². The molecule has 0 aliphatic carbocycles. The third-order valence-corrected chi connectivity index (χ3v) is 5.05. The van der Waals surface area contributed by atoms with Crippen LogP contribution >= 0.6 is 0 Å². The summed E-state index contributed by atoms with van der Waals surface area (Å²) in [6, 6.07) is 8.64. The SMILES string of the molecule is CC(C)(C)c1ccc(CCC(=O)NCC(C)(C)N2CCOCC2)cc1. The summed E-state index contributed by atoms with van der Waals surface area (Å²) in [5.74, 6) is 0.126. The first-order chi connectivity index (χ1) is 11.7. The Hall–Kier alpha value is -1.39. The van der Waals surface area contributed by atoms with Crippen molar-refractivity contribution in [3.63, 3.8) is 0 Å². The fourth-order valence-corrected chi connectivity index (χ4v) is 3.11. The van der Waals surface area contributed by atoms with Crippen molar-refractivity contribution < 1.29 is 9.53 Å². The minimum Gasteiger partial charge on any atom is -0.379 e. The Morgan fingerprint density at radius 1 is 1.08 bits per heavy atom. The molecule has 0 atom stereocenters.